The van der Waals surface area contributed by atoms with Crippen LogP contribution in [0.25, 0.3) is 0 Å². The van der Waals surface area contributed by atoms with Crippen molar-refractivity contribution in [1.82, 2.24) is 10.2 Å². The van der Waals surface area contributed by atoms with Gasteiger partial charge in [0, 0.05) is 26.4 Å². The van der Waals surface area contributed by atoms with Crippen molar-refractivity contribution in [3.63, 3.8) is 0 Å². The Morgan fingerprint density at radius 1 is 1.29 bits per heavy atom. The summed E-state index contributed by atoms with van der Waals surface area (Å²) in [5.41, 5.74) is 0. The molecule has 1 aliphatic heterocycles. The Balaban J connectivity index is 2.28. The monoisotopic (exact) mass is 242 g/mol. The molecule has 96 valence electrons. The maximum absolute atomic E-state index is 11.6. The Kier molecular flexibility index (Phi) is 4.93. The molecule has 1 heterocycles. The van der Waals surface area contributed by atoms with E-state index < -0.39 is 5.97 Å². The number of carboxylic acid groups (broad SMARTS) is 1. The minimum absolute atomic E-state index is 0.0267. The fourth-order valence-electron chi connectivity index (χ4n) is 1.95. The lowest BCUT2D eigenvalue weighted by Gasteiger charge is -2.31. The lowest BCUT2D eigenvalue weighted by Crippen LogP contribution is -2.43. The van der Waals surface area contributed by atoms with Crippen molar-refractivity contribution in [3.8, 4) is 0 Å². The van der Waals surface area contributed by atoms with Crippen LogP contribution >= 0.6 is 0 Å². The molecule has 0 aliphatic carbocycles. The van der Waals surface area contributed by atoms with Gasteiger partial charge in [0.05, 0.1) is 6.54 Å². The fraction of sp³-hybridized carbons (Fsp3) is 0.727. The summed E-state index contributed by atoms with van der Waals surface area (Å²) in [5, 5.41) is 11.1. The fourth-order valence-corrected chi connectivity index (χ4v) is 1.95. The first-order valence-corrected chi connectivity index (χ1v) is 5.73. The van der Waals surface area contributed by atoms with Crippen LogP contribution in [-0.2, 0) is 14.4 Å². The van der Waals surface area contributed by atoms with Gasteiger partial charge in [0.15, 0.2) is 0 Å². The lowest BCUT2D eigenvalue weighted by atomic mass is 9.93. The smallest absolute Gasteiger partial charge is 0.303 e. The quantitative estimate of drug-likeness (QED) is 0.717. The molecule has 1 aliphatic rings. The van der Waals surface area contributed by atoms with Gasteiger partial charge in [-0.1, -0.05) is 0 Å². The van der Waals surface area contributed by atoms with Crippen LogP contribution in [0.5, 0.6) is 0 Å². The van der Waals surface area contributed by atoms with Gasteiger partial charge in [0.2, 0.25) is 11.8 Å². The van der Waals surface area contributed by atoms with Crippen molar-refractivity contribution < 1.29 is 19.5 Å². The molecule has 2 N–H and O–H groups in total. The molecule has 0 saturated carbocycles. The van der Waals surface area contributed by atoms with Crippen LogP contribution in [-0.4, -0.2) is 47.4 Å². The third-order valence-electron chi connectivity index (χ3n) is 2.92. The number of piperidine rings is 1. The van der Waals surface area contributed by atoms with E-state index in [9.17, 15) is 14.4 Å². The molecule has 0 aromatic carbocycles. The second-order valence-corrected chi connectivity index (χ2v) is 4.33. The Hall–Kier alpha value is -1.59. The second kappa shape index (κ2) is 6.22. The molecule has 0 bridgehead atoms. The van der Waals surface area contributed by atoms with Gasteiger partial charge in [-0.05, 0) is 18.8 Å². The number of aliphatic carboxylic acids is 1. The van der Waals surface area contributed by atoms with Gasteiger partial charge in [-0.25, -0.2) is 0 Å². The summed E-state index contributed by atoms with van der Waals surface area (Å²) in [6, 6.07) is 0. The highest BCUT2D eigenvalue weighted by Crippen LogP contribution is 2.20. The Bertz CT molecular complexity index is 309. The molecule has 17 heavy (non-hydrogen) atoms. The maximum Gasteiger partial charge on any atom is 0.303 e. The highest BCUT2D eigenvalue weighted by atomic mass is 16.4. The first-order valence-electron chi connectivity index (χ1n) is 5.73. The molecule has 6 nitrogen and oxygen atoms in total. The highest BCUT2D eigenvalue weighted by Gasteiger charge is 2.23. The number of nitrogens with one attached hydrogen (secondary N) is 1. The number of rotatable bonds is 4. The third kappa shape index (κ3) is 4.84. The standard InChI is InChI=1S/C11H18N2O4/c1-8(14)12-7-10(15)13-4-2-9(3-5-13)6-11(16)17/h9H,2-7H2,1H3,(H,12,14)(H,16,17). The summed E-state index contributed by atoms with van der Waals surface area (Å²) in [7, 11) is 0. The maximum atomic E-state index is 11.6. The van der Waals surface area contributed by atoms with Gasteiger partial charge in [0.1, 0.15) is 0 Å². The van der Waals surface area contributed by atoms with Gasteiger partial charge in [-0.2, -0.15) is 0 Å². The molecule has 1 rings (SSSR count). The minimum atomic E-state index is -0.784. The van der Waals surface area contributed by atoms with Crippen molar-refractivity contribution in [2.75, 3.05) is 19.6 Å². The number of amides is 2. The van der Waals surface area contributed by atoms with E-state index >= 15 is 0 Å². The van der Waals surface area contributed by atoms with E-state index in [0.29, 0.717) is 13.1 Å². The van der Waals surface area contributed by atoms with Crippen LogP contribution in [0.4, 0.5) is 0 Å². The molecular weight excluding hydrogens is 224 g/mol. The molecule has 0 unspecified atom stereocenters. The molecule has 0 aromatic heterocycles. The average molecular weight is 242 g/mol. The normalized spacial score (nSPS) is 16.6. The molecule has 0 atom stereocenters. The summed E-state index contributed by atoms with van der Waals surface area (Å²) in [6.45, 7) is 2.55. The molecule has 0 spiro atoms. The van der Waals surface area contributed by atoms with Crippen molar-refractivity contribution in [2.45, 2.75) is 26.2 Å². The summed E-state index contributed by atoms with van der Waals surface area (Å²) >= 11 is 0. The van der Waals surface area contributed by atoms with Crippen molar-refractivity contribution in [1.29, 1.82) is 0 Å². The number of carboxylic acids is 1. The molecule has 0 aromatic rings. The Morgan fingerprint density at radius 3 is 2.35 bits per heavy atom. The van der Waals surface area contributed by atoms with Gasteiger partial charge >= 0.3 is 5.97 Å². The van der Waals surface area contributed by atoms with E-state index in [1.807, 2.05) is 0 Å². The molecule has 1 fully saturated rings. The predicted octanol–water partition coefficient (Wildman–Crippen LogP) is -0.164. The van der Waals surface area contributed by atoms with Gasteiger partial charge in [0.25, 0.3) is 0 Å². The van der Waals surface area contributed by atoms with E-state index in [-0.39, 0.29) is 30.7 Å². The highest BCUT2D eigenvalue weighted by molar-refractivity contribution is 5.83. The Labute approximate surface area is 100.0 Å². The van der Waals surface area contributed by atoms with Gasteiger partial charge in [-0.3, -0.25) is 14.4 Å². The zero-order chi connectivity index (χ0) is 12.8. The summed E-state index contributed by atoms with van der Waals surface area (Å²) in [5.74, 6) is -0.946. The van der Waals surface area contributed by atoms with E-state index in [0.717, 1.165) is 12.8 Å². The number of likely N-dealkylation sites (tertiary alicyclic amines) is 1. The van der Waals surface area contributed by atoms with Crippen molar-refractivity contribution in [2.24, 2.45) is 5.92 Å². The van der Waals surface area contributed by atoms with Crippen LogP contribution in [0.1, 0.15) is 26.2 Å². The number of hydrogen-bond acceptors (Lipinski definition) is 3. The van der Waals surface area contributed by atoms with Gasteiger partial charge in [-0.15, -0.1) is 0 Å². The molecule has 6 heteroatoms. The number of hydrogen-bond donors (Lipinski definition) is 2. The van der Waals surface area contributed by atoms with Crippen LogP contribution in [0, 0.1) is 5.92 Å². The number of carbonyl (C=O) groups is 3. The first kappa shape index (κ1) is 13.5. The van der Waals surface area contributed by atoms with Gasteiger partial charge < -0.3 is 15.3 Å². The predicted molar refractivity (Wildman–Crippen MR) is 60.2 cm³/mol. The summed E-state index contributed by atoms with van der Waals surface area (Å²) < 4.78 is 0. The number of carbonyl (C=O) groups excluding carboxylic acids is 2. The largest absolute Gasteiger partial charge is 0.481 e. The van der Waals surface area contributed by atoms with E-state index in [2.05, 4.69) is 5.32 Å². The van der Waals surface area contributed by atoms with Crippen LogP contribution < -0.4 is 5.32 Å². The first-order chi connectivity index (χ1) is 7.99. The molecular formula is C11H18N2O4. The third-order valence-corrected chi connectivity index (χ3v) is 2.92. The summed E-state index contributed by atoms with van der Waals surface area (Å²) in [4.78, 5) is 34.5. The van der Waals surface area contributed by atoms with Crippen LogP contribution in [0.15, 0.2) is 0 Å². The molecule has 1 saturated heterocycles. The second-order valence-electron chi connectivity index (χ2n) is 4.33. The lowest BCUT2D eigenvalue weighted by molar-refractivity contribution is -0.139. The van der Waals surface area contributed by atoms with Crippen LogP contribution in [0.2, 0.25) is 0 Å². The SMILES string of the molecule is CC(=O)NCC(=O)N1CCC(CC(=O)O)CC1. The van der Waals surface area contributed by atoms with Crippen molar-refractivity contribution in [3.05, 3.63) is 0 Å². The molecule has 0 radical (unpaired) electrons. The minimum Gasteiger partial charge on any atom is -0.481 e. The van der Waals surface area contributed by atoms with E-state index in [1.54, 1.807) is 4.90 Å². The average Bonchev–Trinajstić information content (AvgIpc) is 2.26. The van der Waals surface area contributed by atoms with Crippen LogP contribution in [0.3, 0.4) is 0 Å². The van der Waals surface area contributed by atoms with E-state index in [1.165, 1.54) is 6.92 Å². The molecule has 2 amide bonds. The topological polar surface area (TPSA) is 86.7 Å². The summed E-state index contributed by atoms with van der Waals surface area (Å²) in [6.07, 6.45) is 1.62. The van der Waals surface area contributed by atoms with E-state index in [4.69, 9.17) is 5.11 Å². The number of nitrogens with zero attached hydrogens (tertiary/aromatic N) is 1. The van der Waals surface area contributed by atoms with Crippen molar-refractivity contribution >= 4 is 17.8 Å². The Morgan fingerprint density at radius 2 is 1.88 bits per heavy atom. The zero-order valence-corrected chi connectivity index (χ0v) is 9.94. The zero-order valence-electron chi connectivity index (χ0n) is 9.94.